The molecule has 0 aliphatic rings. The summed E-state index contributed by atoms with van der Waals surface area (Å²) in [6.45, 7) is 7.15. The molecule has 2 rings (SSSR count). The van der Waals surface area contributed by atoms with Gasteiger partial charge in [-0.3, -0.25) is 4.79 Å². The summed E-state index contributed by atoms with van der Waals surface area (Å²) in [5.74, 6) is -1.87. The molecule has 0 amide bonds. The number of aliphatic hydroxyl groups is 1. The van der Waals surface area contributed by atoms with Crippen molar-refractivity contribution < 1.29 is 14.3 Å². The summed E-state index contributed by atoms with van der Waals surface area (Å²) < 4.78 is 6.04. The van der Waals surface area contributed by atoms with E-state index in [1.807, 2.05) is 20.8 Å². The highest BCUT2D eigenvalue weighted by molar-refractivity contribution is 5.90. The van der Waals surface area contributed by atoms with Gasteiger partial charge in [0.2, 0.25) is 5.91 Å². The molecule has 2 aromatic rings. The second-order valence-electron chi connectivity index (χ2n) is 6.11. The summed E-state index contributed by atoms with van der Waals surface area (Å²) in [6.07, 6.45) is -0.851. The van der Waals surface area contributed by atoms with Crippen LogP contribution in [0, 0.1) is 11.3 Å². The second-order valence-corrected chi connectivity index (χ2v) is 6.11. The molecule has 5 heteroatoms. The monoisotopic (exact) mass is 277 g/mol. The number of aromatic nitrogens is 1. The van der Waals surface area contributed by atoms with E-state index < -0.39 is 29.1 Å². The molecule has 0 saturated heterocycles. The summed E-state index contributed by atoms with van der Waals surface area (Å²) in [6, 6.07) is 6.74. The molecular weight excluding hydrogens is 258 g/mol. The van der Waals surface area contributed by atoms with Crippen LogP contribution in [-0.4, -0.2) is 21.7 Å². The molecule has 20 heavy (non-hydrogen) atoms. The third kappa shape index (κ3) is 2.41. The van der Waals surface area contributed by atoms with Gasteiger partial charge in [-0.05, 0) is 17.5 Å². The zero-order valence-corrected chi connectivity index (χ0v) is 12.1. The van der Waals surface area contributed by atoms with Crippen molar-refractivity contribution in [3.8, 4) is 0 Å². The van der Waals surface area contributed by atoms with Crippen molar-refractivity contribution in [3.05, 3.63) is 34.8 Å². The van der Waals surface area contributed by atoms with Crippen molar-refractivity contribution in [2.45, 2.75) is 33.8 Å². The standard InChI is InChI=1S/C15H19NO4/c1-9(12(17)15(2,3)4)13(18)16-10-7-5-6-8-11(10)20-14(16)19/h5-9,12,17H,1-4H3. The first-order valence-electron chi connectivity index (χ1n) is 6.56. The summed E-state index contributed by atoms with van der Waals surface area (Å²) in [7, 11) is 0. The van der Waals surface area contributed by atoms with E-state index in [1.54, 1.807) is 31.2 Å². The molecule has 0 spiro atoms. The van der Waals surface area contributed by atoms with E-state index in [9.17, 15) is 14.7 Å². The van der Waals surface area contributed by atoms with Gasteiger partial charge in [0, 0.05) is 0 Å². The molecule has 0 fully saturated rings. The highest BCUT2D eigenvalue weighted by Crippen LogP contribution is 2.26. The minimum atomic E-state index is -0.851. The SMILES string of the molecule is CC(C(=O)n1c(=O)oc2ccccc21)C(O)C(C)(C)C. The molecule has 0 radical (unpaired) electrons. The Labute approximate surface area is 116 Å². The van der Waals surface area contributed by atoms with Crippen LogP contribution >= 0.6 is 0 Å². The van der Waals surface area contributed by atoms with Gasteiger partial charge in [-0.15, -0.1) is 0 Å². The van der Waals surface area contributed by atoms with E-state index in [-0.39, 0.29) is 0 Å². The van der Waals surface area contributed by atoms with Gasteiger partial charge in [0.05, 0.1) is 17.5 Å². The predicted molar refractivity (Wildman–Crippen MR) is 75.7 cm³/mol. The van der Waals surface area contributed by atoms with Crippen LogP contribution in [0.25, 0.3) is 11.1 Å². The Morgan fingerprint density at radius 1 is 1.30 bits per heavy atom. The molecule has 1 heterocycles. The van der Waals surface area contributed by atoms with E-state index in [2.05, 4.69) is 0 Å². The molecular formula is C15H19NO4. The average molecular weight is 277 g/mol. The van der Waals surface area contributed by atoms with E-state index >= 15 is 0 Å². The minimum Gasteiger partial charge on any atom is -0.407 e. The van der Waals surface area contributed by atoms with Crippen molar-refractivity contribution in [3.63, 3.8) is 0 Å². The largest absolute Gasteiger partial charge is 0.426 e. The topological polar surface area (TPSA) is 72.4 Å². The predicted octanol–water partition coefficient (Wildman–Crippen LogP) is 2.28. The first-order chi connectivity index (χ1) is 9.23. The van der Waals surface area contributed by atoms with E-state index in [4.69, 9.17) is 4.42 Å². The fourth-order valence-corrected chi connectivity index (χ4v) is 2.26. The van der Waals surface area contributed by atoms with Crippen molar-refractivity contribution in [1.82, 2.24) is 4.57 Å². The Morgan fingerprint density at radius 3 is 2.50 bits per heavy atom. The second kappa shape index (κ2) is 4.90. The lowest BCUT2D eigenvalue weighted by molar-refractivity contribution is 0.0150. The number of nitrogens with zero attached hydrogens (tertiary/aromatic N) is 1. The van der Waals surface area contributed by atoms with Crippen LogP contribution < -0.4 is 5.76 Å². The van der Waals surface area contributed by atoms with Gasteiger partial charge < -0.3 is 9.52 Å². The molecule has 2 atom stereocenters. The van der Waals surface area contributed by atoms with Crippen molar-refractivity contribution >= 4 is 17.0 Å². The highest BCUT2D eigenvalue weighted by Gasteiger charge is 2.34. The fourth-order valence-electron chi connectivity index (χ4n) is 2.26. The maximum absolute atomic E-state index is 12.5. The lowest BCUT2D eigenvalue weighted by Crippen LogP contribution is -2.40. The zero-order valence-electron chi connectivity index (χ0n) is 12.1. The number of oxazole rings is 1. The summed E-state index contributed by atoms with van der Waals surface area (Å²) in [4.78, 5) is 24.3. The number of rotatable bonds is 2. The van der Waals surface area contributed by atoms with E-state index in [0.29, 0.717) is 11.1 Å². The quantitative estimate of drug-likeness (QED) is 0.914. The van der Waals surface area contributed by atoms with Crippen LogP contribution in [0.1, 0.15) is 32.5 Å². The number of aliphatic hydroxyl groups excluding tert-OH is 1. The number of carbonyl (C=O) groups is 1. The summed E-state index contributed by atoms with van der Waals surface area (Å²) in [5, 5.41) is 10.2. The fraction of sp³-hybridized carbons (Fsp3) is 0.467. The number of hydrogen-bond acceptors (Lipinski definition) is 4. The van der Waals surface area contributed by atoms with Crippen molar-refractivity contribution in [2.75, 3.05) is 0 Å². The first kappa shape index (κ1) is 14.5. The Hall–Kier alpha value is -1.88. The molecule has 0 bridgehead atoms. The van der Waals surface area contributed by atoms with Crippen LogP contribution in [-0.2, 0) is 0 Å². The van der Waals surface area contributed by atoms with Crippen LogP contribution in [0.4, 0.5) is 0 Å². The number of hydrogen-bond donors (Lipinski definition) is 1. The number of benzene rings is 1. The summed E-state index contributed by atoms with van der Waals surface area (Å²) in [5.41, 5.74) is 0.344. The van der Waals surface area contributed by atoms with Crippen LogP contribution in [0.15, 0.2) is 33.5 Å². The van der Waals surface area contributed by atoms with Crippen LogP contribution in [0.5, 0.6) is 0 Å². The van der Waals surface area contributed by atoms with Crippen LogP contribution in [0.3, 0.4) is 0 Å². The van der Waals surface area contributed by atoms with Gasteiger partial charge in [0.15, 0.2) is 5.58 Å². The van der Waals surface area contributed by atoms with Crippen LogP contribution in [0.2, 0.25) is 0 Å². The van der Waals surface area contributed by atoms with Gasteiger partial charge in [-0.2, -0.15) is 0 Å². The first-order valence-corrected chi connectivity index (χ1v) is 6.56. The number of carbonyl (C=O) groups excluding carboxylic acids is 1. The molecule has 108 valence electrons. The lowest BCUT2D eigenvalue weighted by atomic mass is 9.81. The van der Waals surface area contributed by atoms with E-state index in [1.165, 1.54) is 0 Å². The average Bonchev–Trinajstić information content (AvgIpc) is 2.70. The smallest absolute Gasteiger partial charge is 0.407 e. The molecule has 0 saturated carbocycles. The van der Waals surface area contributed by atoms with E-state index in [0.717, 1.165) is 4.57 Å². The third-order valence-electron chi connectivity index (χ3n) is 3.46. The Bertz CT molecular complexity index is 690. The Kier molecular flexibility index (Phi) is 3.56. The Balaban J connectivity index is 2.47. The van der Waals surface area contributed by atoms with Crippen molar-refractivity contribution in [1.29, 1.82) is 0 Å². The number of fused-ring (bicyclic) bond motifs is 1. The van der Waals surface area contributed by atoms with Crippen molar-refractivity contribution in [2.24, 2.45) is 11.3 Å². The van der Waals surface area contributed by atoms with Gasteiger partial charge >= 0.3 is 5.76 Å². The molecule has 0 aliphatic carbocycles. The minimum absolute atomic E-state index is 0.364. The Morgan fingerprint density at radius 2 is 1.90 bits per heavy atom. The molecule has 1 aromatic heterocycles. The summed E-state index contributed by atoms with van der Waals surface area (Å²) >= 11 is 0. The molecule has 0 aliphatic heterocycles. The van der Waals surface area contributed by atoms with Gasteiger partial charge in [-0.1, -0.05) is 39.8 Å². The zero-order chi connectivity index (χ0) is 15.1. The maximum atomic E-state index is 12.5. The van der Waals surface area contributed by atoms with Gasteiger partial charge in [-0.25, -0.2) is 9.36 Å². The van der Waals surface area contributed by atoms with Gasteiger partial charge in [0.1, 0.15) is 0 Å². The molecule has 1 aromatic carbocycles. The molecule has 1 N–H and O–H groups in total. The normalized spacial score (nSPS) is 15.2. The number of para-hydroxylation sites is 2. The highest BCUT2D eigenvalue weighted by atomic mass is 16.4. The van der Waals surface area contributed by atoms with Gasteiger partial charge in [0.25, 0.3) is 0 Å². The molecule has 5 nitrogen and oxygen atoms in total. The molecule has 2 unspecified atom stereocenters. The maximum Gasteiger partial charge on any atom is 0.426 e. The third-order valence-corrected chi connectivity index (χ3v) is 3.46. The lowest BCUT2D eigenvalue weighted by Gasteiger charge is -2.29.